The Kier molecular flexibility index (Phi) is 3.04. The number of nitrogens with one attached hydrogen (secondary N) is 1. The van der Waals surface area contributed by atoms with Gasteiger partial charge >= 0.3 is 0 Å². The topological polar surface area (TPSA) is 48.7 Å². The molecule has 1 aromatic carbocycles. The highest BCUT2D eigenvalue weighted by molar-refractivity contribution is 6.33. The predicted octanol–water partition coefficient (Wildman–Crippen LogP) is 3.35. The van der Waals surface area contributed by atoms with Crippen LogP contribution in [0.2, 0.25) is 5.02 Å². The molecular weight excluding hydrogens is 222 g/mol. The predicted molar refractivity (Wildman–Crippen MR) is 63.7 cm³/mol. The molecule has 0 aliphatic heterocycles. The largest absolute Gasteiger partial charge is 0.354 e. The summed E-state index contributed by atoms with van der Waals surface area (Å²) in [5, 5.41) is 12.5. The van der Waals surface area contributed by atoms with E-state index in [0.717, 1.165) is 11.4 Å². The van der Waals surface area contributed by atoms with Gasteiger partial charge in [-0.05, 0) is 24.3 Å². The van der Waals surface area contributed by atoms with E-state index in [1.54, 1.807) is 24.4 Å². The zero-order chi connectivity index (χ0) is 11.4. The first-order valence-corrected chi connectivity index (χ1v) is 5.05. The Morgan fingerprint density at radius 1 is 1.25 bits per heavy atom. The Morgan fingerprint density at radius 3 is 2.81 bits per heavy atom. The molecule has 0 saturated heterocycles. The Bertz CT molecular complexity index is 546. The molecule has 1 N–H and O–H groups in total. The van der Waals surface area contributed by atoms with Gasteiger partial charge in [0.05, 0.1) is 10.7 Å². The van der Waals surface area contributed by atoms with Gasteiger partial charge in [-0.2, -0.15) is 5.26 Å². The zero-order valence-corrected chi connectivity index (χ0v) is 9.07. The van der Waals surface area contributed by atoms with Gasteiger partial charge in [-0.25, -0.2) is 4.98 Å². The summed E-state index contributed by atoms with van der Waals surface area (Å²) in [5.74, 6) is 0. The molecule has 0 aliphatic carbocycles. The molecule has 0 saturated carbocycles. The quantitative estimate of drug-likeness (QED) is 0.859. The fourth-order valence-corrected chi connectivity index (χ4v) is 1.47. The van der Waals surface area contributed by atoms with Gasteiger partial charge in [0.15, 0.2) is 0 Å². The highest BCUT2D eigenvalue weighted by atomic mass is 35.5. The standard InChI is InChI=1S/C12H8ClN3/c13-11-3-1-2-4-12(11)16-9-5-6-15-10(7-9)8-14/h1-7H,(H,15,16). The number of pyridine rings is 1. The highest BCUT2D eigenvalue weighted by Gasteiger charge is 2.00. The van der Waals surface area contributed by atoms with E-state index in [4.69, 9.17) is 16.9 Å². The number of hydrogen-bond acceptors (Lipinski definition) is 3. The summed E-state index contributed by atoms with van der Waals surface area (Å²) in [4.78, 5) is 3.89. The summed E-state index contributed by atoms with van der Waals surface area (Å²) in [6, 6.07) is 12.9. The van der Waals surface area contributed by atoms with Gasteiger partial charge in [-0.3, -0.25) is 0 Å². The van der Waals surface area contributed by atoms with Gasteiger partial charge in [-0.1, -0.05) is 23.7 Å². The summed E-state index contributed by atoms with van der Waals surface area (Å²) in [6.07, 6.45) is 1.58. The lowest BCUT2D eigenvalue weighted by Gasteiger charge is -2.07. The molecule has 0 amide bonds. The van der Waals surface area contributed by atoms with Crippen molar-refractivity contribution >= 4 is 23.0 Å². The molecule has 0 spiro atoms. The SMILES string of the molecule is N#Cc1cc(Nc2ccccc2Cl)ccn1. The third kappa shape index (κ3) is 2.30. The molecular formula is C12H8ClN3. The van der Waals surface area contributed by atoms with Crippen LogP contribution in [0, 0.1) is 11.3 Å². The Labute approximate surface area is 98.3 Å². The minimum absolute atomic E-state index is 0.372. The number of nitrogens with zero attached hydrogens (tertiary/aromatic N) is 2. The normalized spacial score (nSPS) is 9.50. The number of hydrogen-bond donors (Lipinski definition) is 1. The first kappa shape index (κ1) is 10.5. The molecule has 2 aromatic rings. The molecule has 3 nitrogen and oxygen atoms in total. The second-order valence-electron chi connectivity index (χ2n) is 3.15. The van der Waals surface area contributed by atoms with Crippen molar-refractivity contribution in [3.8, 4) is 6.07 Å². The van der Waals surface area contributed by atoms with Crippen LogP contribution in [0.1, 0.15) is 5.69 Å². The van der Waals surface area contributed by atoms with E-state index < -0.39 is 0 Å². The third-order valence-electron chi connectivity index (χ3n) is 2.03. The van der Waals surface area contributed by atoms with Crippen molar-refractivity contribution in [3.05, 3.63) is 53.3 Å². The van der Waals surface area contributed by atoms with Crippen molar-refractivity contribution in [2.24, 2.45) is 0 Å². The average Bonchev–Trinajstić information content (AvgIpc) is 2.32. The molecule has 4 heteroatoms. The van der Waals surface area contributed by atoms with Gasteiger partial charge in [0, 0.05) is 11.9 Å². The smallest absolute Gasteiger partial charge is 0.142 e. The second-order valence-corrected chi connectivity index (χ2v) is 3.55. The summed E-state index contributed by atoms with van der Waals surface area (Å²) in [7, 11) is 0. The molecule has 1 heterocycles. The lowest BCUT2D eigenvalue weighted by molar-refractivity contribution is 1.26. The maximum absolute atomic E-state index is 8.72. The van der Waals surface area contributed by atoms with E-state index >= 15 is 0 Å². The molecule has 0 fully saturated rings. The van der Waals surface area contributed by atoms with Crippen LogP contribution in [0.4, 0.5) is 11.4 Å². The summed E-state index contributed by atoms with van der Waals surface area (Å²) in [6.45, 7) is 0. The van der Waals surface area contributed by atoms with E-state index in [1.807, 2.05) is 24.3 Å². The van der Waals surface area contributed by atoms with Crippen LogP contribution in [0.5, 0.6) is 0 Å². The molecule has 16 heavy (non-hydrogen) atoms. The summed E-state index contributed by atoms with van der Waals surface area (Å²) < 4.78 is 0. The number of para-hydroxylation sites is 1. The summed E-state index contributed by atoms with van der Waals surface area (Å²) >= 11 is 6.00. The van der Waals surface area contributed by atoms with E-state index in [0.29, 0.717) is 10.7 Å². The lowest BCUT2D eigenvalue weighted by atomic mass is 10.3. The van der Waals surface area contributed by atoms with Gasteiger partial charge in [0.1, 0.15) is 11.8 Å². The number of aromatic nitrogens is 1. The fraction of sp³-hybridized carbons (Fsp3) is 0. The number of halogens is 1. The van der Waals surface area contributed by atoms with Gasteiger partial charge in [-0.15, -0.1) is 0 Å². The van der Waals surface area contributed by atoms with Crippen LogP contribution in [-0.4, -0.2) is 4.98 Å². The molecule has 2 rings (SSSR count). The minimum atomic E-state index is 0.372. The first-order valence-electron chi connectivity index (χ1n) is 4.67. The fourth-order valence-electron chi connectivity index (χ4n) is 1.29. The van der Waals surface area contributed by atoms with Crippen molar-refractivity contribution in [2.45, 2.75) is 0 Å². The van der Waals surface area contributed by atoms with Crippen molar-refractivity contribution < 1.29 is 0 Å². The number of nitriles is 1. The van der Waals surface area contributed by atoms with Crippen LogP contribution in [-0.2, 0) is 0 Å². The molecule has 0 atom stereocenters. The maximum atomic E-state index is 8.72. The van der Waals surface area contributed by atoms with Crippen LogP contribution in [0.15, 0.2) is 42.6 Å². The monoisotopic (exact) mass is 229 g/mol. The maximum Gasteiger partial charge on any atom is 0.142 e. The van der Waals surface area contributed by atoms with Crippen molar-refractivity contribution in [2.75, 3.05) is 5.32 Å². The molecule has 0 radical (unpaired) electrons. The van der Waals surface area contributed by atoms with Gasteiger partial charge < -0.3 is 5.32 Å². The van der Waals surface area contributed by atoms with E-state index in [9.17, 15) is 0 Å². The highest BCUT2D eigenvalue weighted by Crippen LogP contribution is 2.24. The van der Waals surface area contributed by atoms with Crippen LogP contribution < -0.4 is 5.32 Å². The van der Waals surface area contributed by atoms with Crippen LogP contribution in [0.3, 0.4) is 0 Å². The van der Waals surface area contributed by atoms with E-state index in [-0.39, 0.29) is 0 Å². The molecule has 78 valence electrons. The van der Waals surface area contributed by atoms with E-state index in [2.05, 4.69) is 10.3 Å². The molecule has 0 unspecified atom stereocenters. The molecule has 0 aliphatic rings. The number of benzene rings is 1. The molecule has 0 bridgehead atoms. The molecule has 1 aromatic heterocycles. The third-order valence-corrected chi connectivity index (χ3v) is 2.36. The Morgan fingerprint density at radius 2 is 2.06 bits per heavy atom. The summed E-state index contributed by atoms with van der Waals surface area (Å²) in [5.41, 5.74) is 1.97. The average molecular weight is 230 g/mol. The lowest BCUT2D eigenvalue weighted by Crippen LogP contribution is -1.92. The first-order chi connectivity index (χ1) is 7.79. The second kappa shape index (κ2) is 4.65. The Hall–Kier alpha value is -2.05. The Balaban J connectivity index is 2.28. The number of anilines is 2. The zero-order valence-electron chi connectivity index (χ0n) is 8.31. The number of rotatable bonds is 2. The van der Waals surface area contributed by atoms with E-state index in [1.165, 1.54) is 0 Å². The van der Waals surface area contributed by atoms with Crippen molar-refractivity contribution in [3.63, 3.8) is 0 Å². The van der Waals surface area contributed by atoms with Crippen LogP contribution >= 0.6 is 11.6 Å². The van der Waals surface area contributed by atoms with Gasteiger partial charge in [0.25, 0.3) is 0 Å². The van der Waals surface area contributed by atoms with Crippen LogP contribution in [0.25, 0.3) is 0 Å². The van der Waals surface area contributed by atoms with Crippen molar-refractivity contribution in [1.82, 2.24) is 4.98 Å². The van der Waals surface area contributed by atoms with Gasteiger partial charge in [0.2, 0.25) is 0 Å². The minimum Gasteiger partial charge on any atom is -0.354 e. The van der Waals surface area contributed by atoms with Crippen molar-refractivity contribution in [1.29, 1.82) is 5.26 Å².